The average molecular weight is 404 g/mol. The minimum Gasteiger partial charge on any atom is -0.493 e. The second kappa shape index (κ2) is 8.02. The zero-order chi connectivity index (χ0) is 20.4. The van der Waals surface area contributed by atoms with Crippen LogP contribution in [0, 0.1) is 11.8 Å². The summed E-state index contributed by atoms with van der Waals surface area (Å²) >= 11 is 1.24. The van der Waals surface area contributed by atoms with E-state index in [0.29, 0.717) is 27.5 Å². The van der Waals surface area contributed by atoms with Gasteiger partial charge in [-0.1, -0.05) is 6.07 Å². The monoisotopic (exact) mass is 404 g/mol. The van der Waals surface area contributed by atoms with Crippen LogP contribution in [-0.4, -0.2) is 46.2 Å². The van der Waals surface area contributed by atoms with Gasteiger partial charge in [0, 0.05) is 5.92 Å². The molecule has 1 aromatic carbocycles. The number of ether oxygens (including phenoxy) is 4. The Morgan fingerprint density at radius 2 is 1.61 bits per heavy atom. The molecular weight excluding hydrogens is 384 g/mol. The lowest BCUT2D eigenvalue weighted by Crippen LogP contribution is -2.44. The van der Waals surface area contributed by atoms with Gasteiger partial charge in [-0.15, -0.1) is 11.3 Å². The Morgan fingerprint density at radius 3 is 2.21 bits per heavy atom. The fourth-order valence-electron chi connectivity index (χ4n) is 3.68. The van der Waals surface area contributed by atoms with Gasteiger partial charge in [0.2, 0.25) is 0 Å². The van der Waals surface area contributed by atoms with Crippen molar-refractivity contribution in [2.24, 2.45) is 11.8 Å². The standard InChI is InChI=1S/C20H20O7S/c1-24-12-6-5-10(9-13(12)25-2)14-11-7-8-28-18(11)17(21)16(20(23)27-4)15(14)19(22)26-3/h5-9,14-16H,1-4H3/t14-,15+,16-/m0/s1. The smallest absolute Gasteiger partial charge is 0.317 e. The van der Waals surface area contributed by atoms with Gasteiger partial charge in [0.15, 0.2) is 17.3 Å². The van der Waals surface area contributed by atoms with Crippen LogP contribution in [0.2, 0.25) is 0 Å². The maximum absolute atomic E-state index is 13.0. The van der Waals surface area contributed by atoms with Crippen molar-refractivity contribution in [3.63, 3.8) is 0 Å². The third-order valence-corrected chi connectivity index (χ3v) is 5.90. The molecule has 28 heavy (non-hydrogen) atoms. The summed E-state index contributed by atoms with van der Waals surface area (Å²) in [5.41, 5.74) is 1.38. The second-order valence-corrected chi connectivity index (χ2v) is 7.13. The van der Waals surface area contributed by atoms with Crippen molar-refractivity contribution in [1.82, 2.24) is 0 Å². The van der Waals surface area contributed by atoms with Gasteiger partial charge in [-0.2, -0.15) is 0 Å². The summed E-state index contributed by atoms with van der Waals surface area (Å²) in [6, 6.07) is 7.04. The van der Waals surface area contributed by atoms with E-state index in [0.717, 1.165) is 0 Å². The molecule has 0 radical (unpaired) electrons. The Hall–Kier alpha value is -2.87. The molecule has 0 spiro atoms. The van der Waals surface area contributed by atoms with Crippen molar-refractivity contribution in [2.75, 3.05) is 28.4 Å². The number of ketones is 1. The molecule has 1 aliphatic rings. The van der Waals surface area contributed by atoms with Gasteiger partial charge in [0.25, 0.3) is 0 Å². The molecule has 0 amide bonds. The largest absolute Gasteiger partial charge is 0.493 e. The SMILES string of the molecule is COC(=O)[C@@H]1C(=O)c2sccc2[C@H](c2ccc(OC)c(OC)c2)[C@H]1C(=O)OC. The first kappa shape index (κ1) is 19.9. The van der Waals surface area contributed by atoms with Crippen LogP contribution in [-0.2, 0) is 19.1 Å². The highest BCUT2D eigenvalue weighted by Crippen LogP contribution is 2.47. The number of esters is 2. The zero-order valence-electron chi connectivity index (χ0n) is 15.9. The first-order valence-electron chi connectivity index (χ1n) is 8.47. The quantitative estimate of drug-likeness (QED) is 0.559. The van der Waals surface area contributed by atoms with Crippen LogP contribution in [0.1, 0.15) is 26.7 Å². The number of rotatable bonds is 5. The number of Topliss-reactive ketones (excluding diaryl/α,β-unsaturated/α-hetero) is 1. The Labute approximate surface area is 166 Å². The Bertz CT molecular complexity index is 917. The minimum absolute atomic E-state index is 0.427. The fraction of sp³-hybridized carbons (Fsp3) is 0.350. The molecule has 7 nitrogen and oxygen atoms in total. The maximum Gasteiger partial charge on any atom is 0.317 e. The molecule has 0 saturated heterocycles. The molecule has 3 atom stereocenters. The van der Waals surface area contributed by atoms with Crippen molar-refractivity contribution in [1.29, 1.82) is 0 Å². The van der Waals surface area contributed by atoms with Gasteiger partial charge in [-0.3, -0.25) is 14.4 Å². The highest BCUT2D eigenvalue weighted by molar-refractivity contribution is 7.12. The number of hydrogen-bond acceptors (Lipinski definition) is 8. The molecule has 2 aromatic rings. The van der Waals surface area contributed by atoms with Crippen LogP contribution in [0.5, 0.6) is 11.5 Å². The highest BCUT2D eigenvalue weighted by atomic mass is 32.1. The van der Waals surface area contributed by atoms with Gasteiger partial charge >= 0.3 is 11.9 Å². The van der Waals surface area contributed by atoms with Crippen LogP contribution in [0.3, 0.4) is 0 Å². The van der Waals surface area contributed by atoms with Gasteiger partial charge in [0.05, 0.1) is 39.2 Å². The summed E-state index contributed by atoms with van der Waals surface area (Å²) in [4.78, 5) is 38.6. The van der Waals surface area contributed by atoms with Crippen LogP contribution in [0.25, 0.3) is 0 Å². The second-order valence-electron chi connectivity index (χ2n) is 6.21. The lowest BCUT2D eigenvalue weighted by Gasteiger charge is -2.34. The molecule has 3 rings (SSSR count). The van der Waals surface area contributed by atoms with Crippen molar-refractivity contribution in [2.45, 2.75) is 5.92 Å². The van der Waals surface area contributed by atoms with E-state index in [9.17, 15) is 14.4 Å². The molecule has 1 heterocycles. The molecule has 0 unspecified atom stereocenters. The summed E-state index contributed by atoms with van der Waals surface area (Å²) in [5.74, 6) is -3.73. The van der Waals surface area contributed by atoms with E-state index in [1.807, 2.05) is 0 Å². The normalized spacial score (nSPS) is 20.9. The van der Waals surface area contributed by atoms with Gasteiger partial charge < -0.3 is 18.9 Å². The molecule has 0 bridgehead atoms. The number of hydrogen-bond donors (Lipinski definition) is 0. The number of thiophene rings is 1. The summed E-state index contributed by atoms with van der Waals surface area (Å²) < 4.78 is 20.4. The molecule has 0 saturated carbocycles. The predicted molar refractivity (Wildman–Crippen MR) is 101 cm³/mol. The molecule has 8 heteroatoms. The van der Waals surface area contributed by atoms with E-state index in [4.69, 9.17) is 18.9 Å². The molecule has 1 aromatic heterocycles. The molecule has 0 fully saturated rings. The fourth-order valence-corrected chi connectivity index (χ4v) is 4.60. The van der Waals surface area contributed by atoms with Crippen LogP contribution < -0.4 is 9.47 Å². The number of methoxy groups -OCH3 is 4. The number of fused-ring (bicyclic) bond motifs is 1. The first-order chi connectivity index (χ1) is 13.5. The molecule has 1 aliphatic carbocycles. The van der Waals surface area contributed by atoms with E-state index in [-0.39, 0.29) is 0 Å². The summed E-state index contributed by atoms with van der Waals surface area (Å²) in [5, 5.41) is 1.77. The number of carbonyl (C=O) groups excluding carboxylic acids is 3. The van der Waals surface area contributed by atoms with E-state index >= 15 is 0 Å². The van der Waals surface area contributed by atoms with E-state index in [2.05, 4.69) is 0 Å². The summed E-state index contributed by atoms with van der Waals surface area (Å²) in [6.07, 6.45) is 0. The van der Waals surface area contributed by atoms with Crippen molar-refractivity contribution in [3.8, 4) is 11.5 Å². The molecule has 148 valence electrons. The van der Waals surface area contributed by atoms with Crippen molar-refractivity contribution >= 4 is 29.1 Å². The zero-order valence-corrected chi connectivity index (χ0v) is 16.7. The van der Waals surface area contributed by atoms with Crippen LogP contribution >= 0.6 is 11.3 Å². The van der Waals surface area contributed by atoms with E-state index in [1.165, 1.54) is 39.8 Å². The van der Waals surface area contributed by atoms with Gasteiger partial charge in [-0.25, -0.2) is 0 Å². The van der Waals surface area contributed by atoms with Gasteiger partial charge in [0.1, 0.15) is 5.92 Å². The number of benzene rings is 1. The topological polar surface area (TPSA) is 88.1 Å². The van der Waals surface area contributed by atoms with Crippen LogP contribution in [0.4, 0.5) is 0 Å². The molecular formula is C20H20O7S. The third kappa shape index (κ3) is 3.13. The van der Waals surface area contributed by atoms with E-state index in [1.54, 1.807) is 29.6 Å². The third-order valence-electron chi connectivity index (χ3n) is 4.95. The summed E-state index contributed by atoms with van der Waals surface area (Å²) in [6.45, 7) is 0. The Kier molecular flexibility index (Phi) is 5.69. The Balaban J connectivity index is 2.24. The lowest BCUT2D eigenvalue weighted by atomic mass is 9.68. The number of carbonyl (C=O) groups is 3. The van der Waals surface area contributed by atoms with Gasteiger partial charge in [-0.05, 0) is 34.7 Å². The lowest BCUT2D eigenvalue weighted by molar-refractivity contribution is -0.156. The minimum atomic E-state index is -1.28. The van der Waals surface area contributed by atoms with Crippen LogP contribution in [0.15, 0.2) is 29.6 Å². The molecule has 0 N–H and O–H groups in total. The predicted octanol–water partition coefficient (Wildman–Crippen LogP) is 2.67. The Morgan fingerprint density at radius 1 is 0.929 bits per heavy atom. The first-order valence-corrected chi connectivity index (χ1v) is 9.35. The van der Waals surface area contributed by atoms with E-state index < -0.39 is 35.5 Å². The van der Waals surface area contributed by atoms with Crippen molar-refractivity contribution in [3.05, 3.63) is 45.6 Å². The highest BCUT2D eigenvalue weighted by Gasteiger charge is 2.52. The van der Waals surface area contributed by atoms with Crippen molar-refractivity contribution < 1.29 is 33.3 Å². The average Bonchev–Trinajstić information content (AvgIpc) is 3.22. The molecule has 0 aliphatic heterocycles. The summed E-state index contributed by atoms with van der Waals surface area (Å²) in [7, 11) is 5.46. The maximum atomic E-state index is 13.0.